The molecule has 26 heavy (non-hydrogen) atoms. The minimum Gasteiger partial charge on any atom is -0.449 e. The quantitative estimate of drug-likeness (QED) is 0.845. The number of carbonyl (C=O) groups excluding carboxylic acids is 1. The molecule has 2 fully saturated rings. The van der Waals surface area contributed by atoms with Crippen LogP contribution in [0.3, 0.4) is 0 Å². The number of amides is 1. The van der Waals surface area contributed by atoms with E-state index in [4.69, 9.17) is 4.74 Å². The summed E-state index contributed by atoms with van der Waals surface area (Å²) in [7, 11) is 0. The third-order valence-electron chi connectivity index (χ3n) is 5.34. The number of fused-ring (bicyclic) bond motifs is 2. The van der Waals surface area contributed by atoms with Crippen molar-refractivity contribution in [2.24, 2.45) is 5.92 Å². The van der Waals surface area contributed by atoms with Crippen LogP contribution in [0.1, 0.15) is 25.7 Å². The molecular formula is C21H23FN2O2. The average Bonchev–Trinajstić information content (AvgIpc) is 2.99. The molecule has 0 saturated carbocycles. The van der Waals surface area contributed by atoms with Crippen molar-refractivity contribution in [2.75, 3.05) is 11.9 Å². The van der Waals surface area contributed by atoms with Gasteiger partial charge in [0.1, 0.15) is 5.82 Å². The first-order valence-corrected chi connectivity index (χ1v) is 9.22. The van der Waals surface area contributed by atoms with Gasteiger partial charge in [0, 0.05) is 17.6 Å². The third kappa shape index (κ3) is 3.88. The molecule has 4 rings (SSSR count). The zero-order chi connectivity index (χ0) is 17.9. The number of nitrogens with one attached hydrogen (secondary N) is 2. The van der Waals surface area contributed by atoms with Crippen LogP contribution in [0.25, 0.3) is 11.1 Å². The predicted molar refractivity (Wildman–Crippen MR) is 99.5 cm³/mol. The van der Waals surface area contributed by atoms with Crippen LogP contribution in [-0.2, 0) is 4.74 Å². The number of hydrogen-bond acceptors (Lipinski definition) is 3. The summed E-state index contributed by atoms with van der Waals surface area (Å²) in [6.07, 6.45) is 4.19. The van der Waals surface area contributed by atoms with Crippen molar-refractivity contribution in [1.82, 2.24) is 5.32 Å². The zero-order valence-electron chi connectivity index (χ0n) is 14.6. The maximum atomic E-state index is 13.2. The second-order valence-corrected chi connectivity index (χ2v) is 7.25. The van der Waals surface area contributed by atoms with Gasteiger partial charge in [0.05, 0.1) is 12.3 Å². The lowest BCUT2D eigenvalue weighted by Gasteiger charge is -2.28. The highest BCUT2D eigenvalue weighted by Gasteiger charge is 2.33. The fraction of sp³-hybridized carbons (Fsp3) is 0.381. The van der Waals surface area contributed by atoms with E-state index < -0.39 is 6.09 Å². The van der Waals surface area contributed by atoms with Crippen LogP contribution < -0.4 is 10.6 Å². The Hall–Kier alpha value is -2.40. The van der Waals surface area contributed by atoms with Gasteiger partial charge in [-0.15, -0.1) is 0 Å². The molecule has 2 aromatic carbocycles. The number of rotatable bonds is 4. The molecule has 2 unspecified atom stereocenters. The first-order valence-electron chi connectivity index (χ1n) is 9.22. The summed E-state index contributed by atoms with van der Waals surface area (Å²) < 4.78 is 18.6. The number of hydrogen-bond donors (Lipinski definition) is 2. The summed E-state index contributed by atoms with van der Waals surface area (Å²) in [5.41, 5.74) is 2.34. The van der Waals surface area contributed by atoms with E-state index in [1.807, 2.05) is 24.3 Å². The Labute approximate surface area is 152 Å². The van der Waals surface area contributed by atoms with Crippen molar-refractivity contribution in [3.05, 3.63) is 54.3 Å². The van der Waals surface area contributed by atoms with E-state index in [9.17, 15) is 9.18 Å². The monoisotopic (exact) mass is 354 g/mol. The maximum absolute atomic E-state index is 13.2. The SMILES string of the molecule is O=C(Nc1ccccc1-c1ccc(F)cc1)OCC1CC2CCC(C1)N2. The minimum absolute atomic E-state index is 0.283. The number of para-hydroxylation sites is 1. The standard InChI is InChI=1S/C21H23FN2O2/c22-16-7-5-15(6-8-16)19-3-1-2-4-20(19)24-21(25)26-13-14-11-17-9-10-18(12-14)23-17/h1-8,14,17-18,23H,9-13H2,(H,24,25). The van der Waals surface area contributed by atoms with Gasteiger partial charge in [0.15, 0.2) is 0 Å². The molecule has 2 bridgehead atoms. The van der Waals surface area contributed by atoms with Gasteiger partial charge in [-0.3, -0.25) is 5.32 Å². The summed E-state index contributed by atoms with van der Waals surface area (Å²) in [5.74, 6) is 0.154. The summed E-state index contributed by atoms with van der Waals surface area (Å²) in [6, 6.07) is 14.9. The van der Waals surface area contributed by atoms with Crippen LogP contribution in [-0.4, -0.2) is 24.8 Å². The fourth-order valence-electron chi connectivity index (χ4n) is 4.12. The van der Waals surface area contributed by atoms with Gasteiger partial charge in [-0.25, -0.2) is 9.18 Å². The predicted octanol–water partition coefficient (Wildman–Crippen LogP) is 4.57. The molecule has 5 heteroatoms. The van der Waals surface area contributed by atoms with Crippen LogP contribution in [0.2, 0.25) is 0 Å². The van der Waals surface area contributed by atoms with Gasteiger partial charge in [-0.05, 0) is 55.4 Å². The van der Waals surface area contributed by atoms with Gasteiger partial charge in [-0.2, -0.15) is 0 Å². The van der Waals surface area contributed by atoms with Crippen molar-refractivity contribution in [3.8, 4) is 11.1 Å². The smallest absolute Gasteiger partial charge is 0.411 e. The second-order valence-electron chi connectivity index (χ2n) is 7.25. The van der Waals surface area contributed by atoms with Crippen molar-refractivity contribution in [1.29, 1.82) is 0 Å². The van der Waals surface area contributed by atoms with Crippen molar-refractivity contribution in [3.63, 3.8) is 0 Å². The van der Waals surface area contributed by atoms with E-state index in [-0.39, 0.29) is 5.82 Å². The molecule has 2 aliphatic rings. The number of ether oxygens (including phenoxy) is 1. The van der Waals surface area contributed by atoms with Crippen LogP contribution in [0.15, 0.2) is 48.5 Å². The Morgan fingerprint density at radius 2 is 1.77 bits per heavy atom. The number of anilines is 1. The van der Waals surface area contributed by atoms with E-state index in [1.54, 1.807) is 12.1 Å². The molecule has 2 saturated heterocycles. The van der Waals surface area contributed by atoms with Crippen LogP contribution in [0.5, 0.6) is 0 Å². The van der Waals surface area contributed by atoms with Crippen molar-refractivity contribution < 1.29 is 13.9 Å². The number of halogens is 1. The molecule has 4 nitrogen and oxygen atoms in total. The summed E-state index contributed by atoms with van der Waals surface area (Å²) in [4.78, 5) is 12.3. The second kappa shape index (κ2) is 7.46. The fourth-order valence-corrected chi connectivity index (χ4v) is 4.12. The molecule has 136 valence electrons. The van der Waals surface area contributed by atoms with E-state index in [0.717, 1.165) is 24.0 Å². The van der Waals surface area contributed by atoms with Gasteiger partial charge in [-0.1, -0.05) is 30.3 Å². The lowest BCUT2D eigenvalue weighted by atomic mass is 9.93. The summed E-state index contributed by atoms with van der Waals surface area (Å²) >= 11 is 0. The largest absolute Gasteiger partial charge is 0.449 e. The highest BCUT2D eigenvalue weighted by atomic mass is 19.1. The topological polar surface area (TPSA) is 50.4 Å². The molecule has 0 aromatic heterocycles. The van der Waals surface area contributed by atoms with Gasteiger partial charge in [0.2, 0.25) is 0 Å². The van der Waals surface area contributed by atoms with E-state index in [0.29, 0.717) is 30.3 Å². The maximum Gasteiger partial charge on any atom is 0.411 e. The Bertz CT molecular complexity index is 766. The highest BCUT2D eigenvalue weighted by molar-refractivity contribution is 5.91. The van der Waals surface area contributed by atoms with Crippen LogP contribution in [0, 0.1) is 11.7 Å². The van der Waals surface area contributed by atoms with Crippen molar-refractivity contribution >= 4 is 11.8 Å². The zero-order valence-corrected chi connectivity index (χ0v) is 14.6. The molecule has 2 atom stereocenters. The molecule has 0 aliphatic carbocycles. The molecule has 2 aromatic rings. The van der Waals surface area contributed by atoms with Gasteiger partial charge in [0.25, 0.3) is 0 Å². The molecular weight excluding hydrogens is 331 g/mol. The molecule has 1 amide bonds. The lowest BCUT2D eigenvalue weighted by molar-refractivity contribution is 0.122. The van der Waals surface area contributed by atoms with E-state index in [2.05, 4.69) is 10.6 Å². The minimum atomic E-state index is -0.439. The number of carbonyl (C=O) groups is 1. The molecule has 0 spiro atoms. The van der Waals surface area contributed by atoms with Gasteiger partial charge >= 0.3 is 6.09 Å². The van der Waals surface area contributed by atoms with Crippen LogP contribution >= 0.6 is 0 Å². The Morgan fingerprint density at radius 1 is 1.08 bits per heavy atom. The Kier molecular flexibility index (Phi) is 4.89. The molecule has 2 aliphatic heterocycles. The Morgan fingerprint density at radius 3 is 2.50 bits per heavy atom. The average molecular weight is 354 g/mol. The van der Waals surface area contributed by atoms with Crippen LogP contribution in [0.4, 0.5) is 14.9 Å². The molecule has 2 heterocycles. The van der Waals surface area contributed by atoms with E-state index in [1.165, 1.54) is 25.0 Å². The summed E-state index contributed by atoms with van der Waals surface area (Å²) in [6.45, 7) is 0.458. The third-order valence-corrected chi connectivity index (χ3v) is 5.34. The number of benzene rings is 2. The molecule has 0 radical (unpaired) electrons. The first-order chi connectivity index (χ1) is 12.7. The molecule has 2 N–H and O–H groups in total. The lowest BCUT2D eigenvalue weighted by Crippen LogP contribution is -2.39. The van der Waals surface area contributed by atoms with Crippen molar-refractivity contribution in [2.45, 2.75) is 37.8 Å². The summed E-state index contributed by atoms with van der Waals surface area (Å²) in [5, 5.41) is 6.43. The first kappa shape index (κ1) is 17.0. The Balaban J connectivity index is 1.38. The van der Waals surface area contributed by atoms with Gasteiger partial charge < -0.3 is 10.1 Å². The highest BCUT2D eigenvalue weighted by Crippen LogP contribution is 2.31. The normalized spacial score (nSPS) is 24.3. The van der Waals surface area contributed by atoms with E-state index >= 15 is 0 Å². The number of piperidine rings is 1.